The first-order valence-electron chi connectivity index (χ1n) is 8.91. The zero-order chi connectivity index (χ0) is 19.4. The molecule has 0 fully saturated rings. The molecule has 3 rings (SSSR count). The standard InChI is InChI=1S/C21H21F3N2O/c1-16-10-8-9-15-19(16)26(20(27)21(22,23)24)25(17-11-4-2-5-12-17)18-13-6-3-7-14-18/h2-7,11-16H,8-10H2,1H3. The Bertz CT molecular complexity index is 764. The van der Waals surface area contributed by atoms with Crippen LogP contribution >= 0.6 is 0 Å². The van der Waals surface area contributed by atoms with E-state index in [1.807, 2.05) is 6.92 Å². The van der Waals surface area contributed by atoms with Crippen molar-refractivity contribution in [2.24, 2.45) is 5.92 Å². The molecule has 1 amide bonds. The smallest absolute Gasteiger partial charge is 0.262 e. The summed E-state index contributed by atoms with van der Waals surface area (Å²) in [6.07, 6.45) is -0.949. The van der Waals surface area contributed by atoms with Crippen molar-refractivity contribution in [1.29, 1.82) is 0 Å². The van der Waals surface area contributed by atoms with Gasteiger partial charge in [-0.2, -0.15) is 13.2 Å². The van der Waals surface area contributed by atoms with E-state index in [4.69, 9.17) is 0 Å². The van der Waals surface area contributed by atoms with Gasteiger partial charge in [-0.3, -0.25) is 4.79 Å². The molecule has 0 N–H and O–H groups in total. The van der Waals surface area contributed by atoms with Gasteiger partial charge in [-0.25, -0.2) is 10.0 Å². The number of rotatable bonds is 4. The van der Waals surface area contributed by atoms with Crippen LogP contribution in [-0.4, -0.2) is 17.1 Å². The average Bonchev–Trinajstić information content (AvgIpc) is 2.67. The molecule has 142 valence electrons. The Labute approximate surface area is 156 Å². The first kappa shape index (κ1) is 19.0. The number of nitrogens with zero attached hydrogens (tertiary/aromatic N) is 2. The molecule has 27 heavy (non-hydrogen) atoms. The number of hydrogen-bond donors (Lipinski definition) is 0. The van der Waals surface area contributed by atoms with E-state index in [0.717, 1.165) is 17.9 Å². The summed E-state index contributed by atoms with van der Waals surface area (Å²) < 4.78 is 40.6. The van der Waals surface area contributed by atoms with Crippen molar-refractivity contribution in [1.82, 2.24) is 5.01 Å². The normalized spacial score (nSPS) is 17.2. The molecule has 0 aromatic heterocycles. The molecule has 1 aliphatic carbocycles. The topological polar surface area (TPSA) is 23.6 Å². The van der Waals surface area contributed by atoms with Crippen molar-refractivity contribution in [3.05, 3.63) is 72.4 Å². The molecule has 2 aromatic carbocycles. The van der Waals surface area contributed by atoms with E-state index in [9.17, 15) is 18.0 Å². The van der Waals surface area contributed by atoms with Crippen LogP contribution < -0.4 is 5.01 Å². The second-order valence-corrected chi connectivity index (χ2v) is 6.56. The van der Waals surface area contributed by atoms with Gasteiger partial charge in [-0.05, 0) is 49.4 Å². The third-order valence-electron chi connectivity index (χ3n) is 4.58. The highest BCUT2D eigenvalue weighted by Crippen LogP contribution is 2.37. The first-order valence-corrected chi connectivity index (χ1v) is 8.91. The van der Waals surface area contributed by atoms with E-state index in [2.05, 4.69) is 0 Å². The van der Waals surface area contributed by atoms with Gasteiger partial charge in [0.05, 0.1) is 11.4 Å². The molecule has 2 aromatic rings. The van der Waals surface area contributed by atoms with Crippen molar-refractivity contribution in [3.8, 4) is 0 Å². The van der Waals surface area contributed by atoms with Gasteiger partial charge < -0.3 is 0 Å². The largest absolute Gasteiger partial charge is 0.473 e. The number of para-hydroxylation sites is 2. The lowest BCUT2D eigenvalue weighted by Crippen LogP contribution is -2.50. The molecular weight excluding hydrogens is 353 g/mol. The molecule has 0 saturated heterocycles. The summed E-state index contributed by atoms with van der Waals surface area (Å²) in [6.45, 7) is 1.86. The highest BCUT2D eigenvalue weighted by Gasteiger charge is 2.47. The van der Waals surface area contributed by atoms with Crippen LogP contribution in [0.25, 0.3) is 0 Å². The summed E-state index contributed by atoms with van der Waals surface area (Å²) in [4.78, 5) is 12.5. The molecule has 6 heteroatoms. The fourth-order valence-electron chi connectivity index (χ4n) is 3.28. The molecule has 0 spiro atoms. The van der Waals surface area contributed by atoms with Gasteiger partial charge in [-0.15, -0.1) is 0 Å². The summed E-state index contributed by atoms with van der Waals surface area (Å²) in [7, 11) is 0. The van der Waals surface area contributed by atoms with Gasteiger partial charge in [0, 0.05) is 5.70 Å². The number of carbonyl (C=O) groups is 1. The molecule has 0 saturated carbocycles. The third kappa shape index (κ3) is 4.15. The zero-order valence-corrected chi connectivity index (χ0v) is 15.0. The van der Waals surface area contributed by atoms with Crippen molar-refractivity contribution >= 4 is 17.3 Å². The van der Waals surface area contributed by atoms with Crippen LogP contribution in [0.15, 0.2) is 72.4 Å². The van der Waals surface area contributed by atoms with E-state index < -0.39 is 12.1 Å². The number of anilines is 2. The minimum absolute atomic E-state index is 0.153. The molecule has 0 radical (unpaired) electrons. The van der Waals surface area contributed by atoms with Crippen LogP contribution in [0, 0.1) is 5.92 Å². The zero-order valence-electron chi connectivity index (χ0n) is 15.0. The fourth-order valence-corrected chi connectivity index (χ4v) is 3.28. The monoisotopic (exact) mass is 374 g/mol. The summed E-state index contributed by atoms with van der Waals surface area (Å²) in [5.74, 6) is -2.05. The number of halogens is 3. The number of amides is 1. The van der Waals surface area contributed by atoms with Crippen molar-refractivity contribution in [2.45, 2.75) is 32.4 Å². The quantitative estimate of drug-likeness (QED) is 0.628. The van der Waals surface area contributed by atoms with E-state index in [-0.39, 0.29) is 5.92 Å². The lowest BCUT2D eigenvalue weighted by Gasteiger charge is -2.41. The Balaban J connectivity index is 2.19. The van der Waals surface area contributed by atoms with Crippen LogP contribution in [0.4, 0.5) is 24.5 Å². The molecule has 1 atom stereocenters. The molecule has 0 heterocycles. The molecule has 1 unspecified atom stereocenters. The van der Waals surface area contributed by atoms with Crippen LogP contribution in [-0.2, 0) is 4.79 Å². The molecule has 0 bridgehead atoms. The van der Waals surface area contributed by atoms with E-state index in [1.54, 1.807) is 66.7 Å². The second kappa shape index (κ2) is 7.86. The van der Waals surface area contributed by atoms with Crippen LogP contribution in [0.2, 0.25) is 0 Å². The van der Waals surface area contributed by atoms with Gasteiger partial charge in [0.2, 0.25) is 0 Å². The minimum atomic E-state index is -4.99. The van der Waals surface area contributed by atoms with Gasteiger partial charge in [0.1, 0.15) is 0 Å². The number of alkyl halides is 3. The molecular formula is C21H21F3N2O. The number of benzene rings is 2. The highest BCUT2D eigenvalue weighted by atomic mass is 19.4. The lowest BCUT2D eigenvalue weighted by atomic mass is 9.93. The maximum Gasteiger partial charge on any atom is 0.473 e. The van der Waals surface area contributed by atoms with Crippen LogP contribution in [0.5, 0.6) is 0 Å². The van der Waals surface area contributed by atoms with Crippen molar-refractivity contribution in [2.75, 3.05) is 5.01 Å². The molecule has 1 aliphatic rings. The fraction of sp³-hybridized carbons (Fsp3) is 0.286. The maximum absolute atomic E-state index is 13.5. The number of hydrogen-bond acceptors (Lipinski definition) is 2. The summed E-state index contributed by atoms with van der Waals surface area (Å²) in [6, 6.07) is 17.3. The Kier molecular flexibility index (Phi) is 5.54. The number of hydrazine groups is 1. The highest BCUT2D eigenvalue weighted by molar-refractivity contribution is 5.87. The van der Waals surface area contributed by atoms with Gasteiger partial charge >= 0.3 is 12.1 Å². The van der Waals surface area contributed by atoms with Gasteiger partial charge in [-0.1, -0.05) is 49.4 Å². The number of carbonyl (C=O) groups excluding carboxylic acids is 1. The predicted molar refractivity (Wildman–Crippen MR) is 99.0 cm³/mol. The lowest BCUT2D eigenvalue weighted by molar-refractivity contribution is -0.184. The maximum atomic E-state index is 13.5. The minimum Gasteiger partial charge on any atom is -0.262 e. The van der Waals surface area contributed by atoms with Crippen molar-refractivity contribution in [3.63, 3.8) is 0 Å². The summed E-state index contributed by atoms with van der Waals surface area (Å²) in [5.41, 5.74) is 1.36. The van der Waals surface area contributed by atoms with E-state index in [1.165, 1.54) is 5.01 Å². The predicted octanol–water partition coefficient (Wildman–Crippen LogP) is 5.83. The Morgan fingerprint density at radius 3 is 1.93 bits per heavy atom. The SMILES string of the molecule is CC1CCCC=C1N(C(=O)C(F)(F)F)N(c1ccccc1)c1ccccc1. The van der Waals surface area contributed by atoms with E-state index >= 15 is 0 Å². The Morgan fingerprint density at radius 1 is 0.963 bits per heavy atom. The Morgan fingerprint density at radius 2 is 1.48 bits per heavy atom. The molecule has 3 nitrogen and oxygen atoms in total. The first-order chi connectivity index (χ1) is 12.9. The van der Waals surface area contributed by atoms with Crippen molar-refractivity contribution < 1.29 is 18.0 Å². The summed E-state index contributed by atoms with van der Waals surface area (Å²) >= 11 is 0. The van der Waals surface area contributed by atoms with Crippen LogP contribution in [0.3, 0.4) is 0 Å². The van der Waals surface area contributed by atoms with E-state index in [0.29, 0.717) is 23.5 Å². The second-order valence-electron chi connectivity index (χ2n) is 6.56. The summed E-state index contributed by atoms with van der Waals surface area (Å²) in [5, 5.41) is 2.15. The number of allylic oxidation sites excluding steroid dienone is 2. The molecule has 0 aliphatic heterocycles. The van der Waals surface area contributed by atoms with Crippen LogP contribution in [0.1, 0.15) is 26.2 Å². The van der Waals surface area contributed by atoms with Gasteiger partial charge in [0.25, 0.3) is 0 Å². The average molecular weight is 374 g/mol. The third-order valence-corrected chi connectivity index (χ3v) is 4.58. The Hall–Kier alpha value is -2.76. The van der Waals surface area contributed by atoms with Gasteiger partial charge in [0.15, 0.2) is 0 Å².